The van der Waals surface area contributed by atoms with Crippen LogP contribution in [0.3, 0.4) is 0 Å². The maximum absolute atomic E-state index is 11.9. The number of carbonyl (C=O) groups excluding carboxylic acids is 1. The second-order valence-corrected chi connectivity index (χ2v) is 5.02. The Morgan fingerprint density at radius 3 is 2.67 bits per heavy atom. The molecule has 0 radical (unpaired) electrons. The third kappa shape index (κ3) is 3.27. The van der Waals surface area contributed by atoms with Gasteiger partial charge in [-0.1, -0.05) is 27.5 Å². The number of hydrogen-bond acceptors (Lipinski definition) is 3. The van der Waals surface area contributed by atoms with Crippen molar-refractivity contribution < 1.29 is 4.79 Å². The lowest BCUT2D eigenvalue weighted by molar-refractivity contribution is 0.102. The number of benzene rings is 1. The van der Waals surface area contributed by atoms with Crippen LogP contribution >= 0.6 is 27.5 Å². The minimum atomic E-state index is -0.323. The molecule has 1 aromatic carbocycles. The maximum atomic E-state index is 11.9. The van der Waals surface area contributed by atoms with E-state index in [9.17, 15) is 4.79 Å². The number of nitrogens with zero attached hydrogens (tertiary/aromatic N) is 2. The Morgan fingerprint density at radius 1 is 1.28 bits per heavy atom. The highest BCUT2D eigenvalue weighted by molar-refractivity contribution is 9.10. The van der Waals surface area contributed by atoms with Crippen molar-refractivity contribution in [1.29, 1.82) is 0 Å². The quantitative estimate of drug-likeness (QED) is 0.919. The first-order valence-corrected chi connectivity index (χ1v) is 6.29. The number of carbonyl (C=O) groups is 1. The van der Waals surface area contributed by atoms with Crippen molar-refractivity contribution in [2.75, 3.05) is 5.32 Å². The summed E-state index contributed by atoms with van der Waals surface area (Å²) in [6, 6.07) is 8.68. The molecule has 2 rings (SSSR count). The van der Waals surface area contributed by atoms with Crippen LogP contribution < -0.4 is 5.32 Å². The topological polar surface area (TPSA) is 54.9 Å². The highest BCUT2D eigenvalue weighted by Crippen LogP contribution is 2.19. The zero-order valence-corrected chi connectivity index (χ0v) is 11.8. The molecule has 1 N–H and O–H groups in total. The summed E-state index contributed by atoms with van der Waals surface area (Å²) in [4.78, 5) is 11.9. The van der Waals surface area contributed by atoms with Gasteiger partial charge < -0.3 is 5.32 Å². The van der Waals surface area contributed by atoms with Gasteiger partial charge in [0.1, 0.15) is 0 Å². The second-order valence-electron chi connectivity index (χ2n) is 3.71. The largest absolute Gasteiger partial charge is 0.321 e. The van der Waals surface area contributed by atoms with Gasteiger partial charge in [0.05, 0.1) is 0 Å². The molecule has 0 spiro atoms. The van der Waals surface area contributed by atoms with Crippen molar-refractivity contribution in [3.05, 3.63) is 51.2 Å². The summed E-state index contributed by atoms with van der Waals surface area (Å²) in [7, 11) is 0. The average Bonchev–Trinajstić information content (AvgIpc) is 2.28. The van der Waals surface area contributed by atoms with E-state index >= 15 is 0 Å². The van der Waals surface area contributed by atoms with E-state index < -0.39 is 0 Å². The molecule has 4 nitrogen and oxygen atoms in total. The fourth-order valence-electron chi connectivity index (χ4n) is 1.44. The summed E-state index contributed by atoms with van der Waals surface area (Å²) < 4.78 is 0.903. The molecule has 92 valence electrons. The summed E-state index contributed by atoms with van der Waals surface area (Å²) in [5.74, 6) is -0.323. The smallest absolute Gasteiger partial charge is 0.276 e. The van der Waals surface area contributed by atoms with Crippen LogP contribution in [0, 0.1) is 6.92 Å². The lowest BCUT2D eigenvalue weighted by Crippen LogP contribution is -2.14. The Bertz CT molecular complexity index is 566. The zero-order chi connectivity index (χ0) is 13.1. The average molecular weight is 327 g/mol. The van der Waals surface area contributed by atoms with Crippen molar-refractivity contribution in [3.63, 3.8) is 0 Å². The van der Waals surface area contributed by atoms with Gasteiger partial charge in [0.15, 0.2) is 10.8 Å². The lowest BCUT2D eigenvalue weighted by atomic mass is 10.2. The van der Waals surface area contributed by atoms with Crippen LogP contribution in [0.2, 0.25) is 5.15 Å². The molecule has 0 saturated heterocycles. The standard InChI is InChI=1S/C12H9BrClN3O/c1-7-4-8(13)6-9(5-7)15-12(18)10-2-3-11(14)17-16-10/h2-6H,1H3,(H,15,18). The highest BCUT2D eigenvalue weighted by Gasteiger charge is 2.08. The molecule has 0 atom stereocenters. The first-order valence-electron chi connectivity index (χ1n) is 5.12. The molecule has 1 amide bonds. The Hall–Kier alpha value is -1.46. The van der Waals surface area contributed by atoms with Gasteiger partial charge in [0.2, 0.25) is 0 Å². The van der Waals surface area contributed by atoms with Gasteiger partial charge in [-0.25, -0.2) is 0 Å². The number of anilines is 1. The van der Waals surface area contributed by atoms with E-state index in [0.29, 0.717) is 5.69 Å². The Labute approximate surface area is 118 Å². The predicted octanol–water partition coefficient (Wildman–Crippen LogP) is 3.45. The molecule has 0 fully saturated rings. The fraction of sp³-hybridized carbons (Fsp3) is 0.0833. The van der Waals surface area contributed by atoms with Crippen molar-refractivity contribution in [3.8, 4) is 0 Å². The first kappa shape index (κ1) is 13.0. The van der Waals surface area contributed by atoms with Gasteiger partial charge in [-0.3, -0.25) is 4.79 Å². The molecule has 0 saturated carbocycles. The third-order valence-corrected chi connectivity index (χ3v) is 2.82. The maximum Gasteiger partial charge on any atom is 0.276 e. The van der Waals surface area contributed by atoms with Crippen molar-refractivity contribution in [2.45, 2.75) is 6.92 Å². The van der Waals surface area contributed by atoms with Gasteiger partial charge in [-0.15, -0.1) is 10.2 Å². The van der Waals surface area contributed by atoms with Gasteiger partial charge in [-0.05, 0) is 42.8 Å². The molecule has 0 bridgehead atoms. The van der Waals surface area contributed by atoms with Crippen molar-refractivity contribution >= 4 is 39.1 Å². The minimum Gasteiger partial charge on any atom is -0.321 e. The number of rotatable bonds is 2. The van der Waals surface area contributed by atoms with E-state index in [1.165, 1.54) is 12.1 Å². The SMILES string of the molecule is Cc1cc(Br)cc(NC(=O)c2ccc(Cl)nn2)c1. The Balaban J connectivity index is 2.18. The van der Waals surface area contributed by atoms with Crippen LogP contribution in [-0.4, -0.2) is 16.1 Å². The van der Waals surface area contributed by atoms with Gasteiger partial charge >= 0.3 is 0 Å². The van der Waals surface area contributed by atoms with Gasteiger partial charge in [-0.2, -0.15) is 0 Å². The van der Waals surface area contributed by atoms with Crippen LogP contribution in [0.4, 0.5) is 5.69 Å². The molecule has 1 heterocycles. The van der Waals surface area contributed by atoms with E-state index in [4.69, 9.17) is 11.6 Å². The summed E-state index contributed by atoms with van der Waals surface area (Å²) >= 11 is 8.98. The van der Waals surface area contributed by atoms with Gasteiger partial charge in [0.25, 0.3) is 5.91 Å². The van der Waals surface area contributed by atoms with Crippen LogP contribution in [0.1, 0.15) is 16.1 Å². The van der Waals surface area contributed by atoms with Crippen LogP contribution in [0.5, 0.6) is 0 Å². The molecule has 2 aromatic rings. The summed E-state index contributed by atoms with van der Waals surface area (Å²) in [5.41, 5.74) is 1.96. The minimum absolute atomic E-state index is 0.219. The molecule has 1 aromatic heterocycles. The molecule has 18 heavy (non-hydrogen) atoms. The Kier molecular flexibility index (Phi) is 3.93. The van der Waals surface area contributed by atoms with Crippen molar-refractivity contribution in [1.82, 2.24) is 10.2 Å². The number of halogens is 2. The number of aromatic nitrogens is 2. The molecule has 0 aliphatic carbocycles. The molecule has 0 aliphatic rings. The zero-order valence-electron chi connectivity index (χ0n) is 9.45. The predicted molar refractivity (Wildman–Crippen MR) is 73.9 cm³/mol. The fourth-order valence-corrected chi connectivity index (χ4v) is 2.15. The normalized spacial score (nSPS) is 10.2. The highest BCUT2D eigenvalue weighted by atomic mass is 79.9. The summed E-state index contributed by atoms with van der Waals surface area (Å²) in [5, 5.41) is 10.3. The summed E-state index contributed by atoms with van der Waals surface area (Å²) in [6.45, 7) is 1.95. The van der Waals surface area contributed by atoms with Crippen molar-refractivity contribution in [2.24, 2.45) is 0 Å². The van der Waals surface area contributed by atoms with E-state index in [2.05, 4.69) is 31.4 Å². The van der Waals surface area contributed by atoms with E-state index in [1.807, 2.05) is 25.1 Å². The number of amides is 1. The number of aryl methyl sites for hydroxylation is 1. The van der Waals surface area contributed by atoms with Crippen LogP contribution in [0.15, 0.2) is 34.8 Å². The molecule has 0 aliphatic heterocycles. The van der Waals surface area contributed by atoms with Crippen LogP contribution in [0.25, 0.3) is 0 Å². The van der Waals surface area contributed by atoms with Crippen LogP contribution in [-0.2, 0) is 0 Å². The molecular formula is C12H9BrClN3O. The molecular weight excluding hydrogens is 318 g/mol. The lowest BCUT2D eigenvalue weighted by Gasteiger charge is -2.06. The third-order valence-electron chi connectivity index (χ3n) is 2.16. The second kappa shape index (κ2) is 5.46. The number of hydrogen-bond donors (Lipinski definition) is 1. The van der Waals surface area contributed by atoms with E-state index in [-0.39, 0.29) is 16.8 Å². The molecule has 0 unspecified atom stereocenters. The Morgan fingerprint density at radius 2 is 2.06 bits per heavy atom. The summed E-state index contributed by atoms with van der Waals surface area (Å²) in [6.07, 6.45) is 0. The molecule has 6 heteroatoms. The monoisotopic (exact) mass is 325 g/mol. The van der Waals surface area contributed by atoms with E-state index in [0.717, 1.165) is 10.0 Å². The van der Waals surface area contributed by atoms with Gasteiger partial charge in [0, 0.05) is 10.2 Å². The number of nitrogens with one attached hydrogen (secondary N) is 1. The van der Waals surface area contributed by atoms with E-state index in [1.54, 1.807) is 0 Å². The first-order chi connectivity index (χ1) is 8.54.